The van der Waals surface area contributed by atoms with Crippen LogP contribution in [0.15, 0.2) is 28.2 Å². The molecule has 2 aliphatic heterocycles. The predicted octanol–water partition coefficient (Wildman–Crippen LogP) is 0.606. The Morgan fingerprint density at radius 1 is 1.27 bits per heavy atom. The lowest BCUT2D eigenvalue weighted by Gasteiger charge is -2.26. The first kappa shape index (κ1) is 32.5. The molecule has 6 heterocycles. The molecule has 2 fully saturated rings. The number of hydrogen-bond donors (Lipinski definition) is 6. The van der Waals surface area contributed by atoms with Gasteiger partial charge in [0.2, 0.25) is 5.95 Å². The number of thiol groups is 1. The molecule has 0 amide bonds. The van der Waals surface area contributed by atoms with Crippen LogP contribution in [-0.4, -0.2) is 98.6 Å². The van der Waals surface area contributed by atoms with Gasteiger partial charge in [-0.1, -0.05) is 5.21 Å². The van der Waals surface area contributed by atoms with Crippen LogP contribution in [0.25, 0.3) is 22.2 Å². The number of aliphatic hydroxyl groups is 1. The van der Waals surface area contributed by atoms with E-state index in [1.54, 1.807) is 0 Å². The van der Waals surface area contributed by atoms with Gasteiger partial charge < -0.3 is 34.5 Å². The Bertz CT molecular complexity index is 1930. The number of hydrogen-bond acceptors (Lipinski definition) is 15. The summed E-state index contributed by atoms with van der Waals surface area (Å²) in [6.45, 7) is -5.69. The van der Waals surface area contributed by atoms with E-state index in [0.29, 0.717) is 0 Å². The molecule has 2 aliphatic rings. The maximum Gasteiger partial charge on any atom is 0.582 e. The fourth-order valence-corrected chi connectivity index (χ4v) is 8.65. The van der Waals surface area contributed by atoms with Crippen molar-refractivity contribution in [2.75, 3.05) is 18.9 Å². The minimum atomic E-state index is -4.38. The number of aromatic amines is 2. The highest BCUT2D eigenvalue weighted by atomic mass is 32.7. The number of halogens is 2. The first-order valence-corrected chi connectivity index (χ1v) is 18.6. The predicted molar refractivity (Wildman–Crippen MR) is 161 cm³/mol. The van der Waals surface area contributed by atoms with Crippen molar-refractivity contribution in [3.8, 4) is 0 Å². The van der Waals surface area contributed by atoms with Gasteiger partial charge in [0, 0.05) is 6.20 Å². The molecule has 0 aliphatic carbocycles. The van der Waals surface area contributed by atoms with E-state index in [-0.39, 0.29) is 28.1 Å². The van der Waals surface area contributed by atoms with E-state index < -0.39 is 85.8 Å². The van der Waals surface area contributed by atoms with E-state index in [0.717, 1.165) is 22.8 Å². The number of nitrogens with one attached hydrogen (secondary N) is 2. The molecule has 6 rings (SSSR count). The average Bonchev–Trinajstić information content (AvgIpc) is 3.73. The highest BCUT2D eigenvalue weighted by Crippen LogP contribution is 2.54. The standard InChI is InChI=1S/C20H21F2N9O9P2S3/c21-9-8(3-32)45-19(31-15-11(28-29-31)17(34)27-20(23)26-15)13(9)40-42(36,44)37-4-7-12(39-41(35)43)10(22)18(38-7)30-2-1-6-14(30)24-5-25-16(6)33/h1-2,5,7-10,12-13,18-19,32H,3-4H2,(H5-,23,24,25,26,27,29,33,34,35,36,43,44)/p+1/t7-,8-,9-,10+,12-,13-,18-,19-,42?/m1/s1. The maximum absolute atomic E-state index is 15.7. The Morgan fingerprint density at radius 2 is 2.04 bits per heavy atom. The molecule has 2 saturated heterocycles. The van der Waals surface area contributed by atoms with Crippen molar-refractivity contribution in [2.45, 2.75) is 47.5 Å². The molecule has 0 spiro atoms. The number of aliphatic hydroxyl groups excluding tert-OH is 1. The van der Waals surface area contributed by atoms with Crippen molar-refractivity contribution >= 4 is 77.9 Å². The summed E-state index contributed by atoms with van der Waals surface area (Å²) in [5.41, 5.74) is 4.24. The molecule has 2 unspecified atom stereocenters. The maximum atomic E-state index is 15.7. The number of aromatic nitrogens is 8. The lowest BCUT2D eigenvalue weighted by atomic mass is 10.1. The van der Waals surface area contributed by atoms with Gasteiger partial charge in [0.1, 0.15) is 41.6 Å². The number of nitrogens with zero attached hydrogens (tertiary/aromatic N) is 6. The number of ether oxygens (including phenoxy) is 1. The third-order valence-electron chi connectivity index (χ3n) is 6.96. The Labute approximate surface area is 264 Å². The summed E-state index contributed by atoms with van der Waals surface area (Å²) in [6, 6.07) is 1.40. The topological polar surface area (TPSA) is 248 Å². The van der Waals surface area contributed by atoms with Crippen molar-refractivity contribution in [3.63, 3.8) is 0 Å². The van der Waals surface area contributed by atoms with Crippen molar-refractivity contribution in [1.82, 2.24) is 39.5 Å². The van der Waals surface area contributed by atoms with Crippen LogP contribution in [0.5, 0.6) is 0 Å². The van der Waals surface area contributed by atoms with Gasteiger partial charge in [-0.15, -0.1) is 21.4 Å². The molecule has 4 aromatic heterocycles. The van der Waals surface area contributed by atoms with Crippen LogP contribution in [-0.2, 0) is 34.7 Å². The number of nitrogens with two attached hydrogens (primary N) is 1. The highest BCUT2D eigenvalue weighted by molar-refractivity contribution is 8.39. The molecule has 25 heteroatoms. The zero-order valence-electron chi connectivity index (χ0n) is 22.2. The van der Waals surface area contributed by atoms with Crippen LogP contribution < -0.4 is 16.9 Å². The Kier molecular flexibility index (Phi) is 9.13. The number of H-pyrrole nitrogens is 2. The van der Waals surface area contributed by atoms with Crippen LogP contribution >= 0.6 is 38.0 Å². The fourth-order valence-electron chi connectivity index (χ4n) is 5.00. The SMILES string of the molecule is Nc1nc2c(nnn2[C@@H]2S[C@H](CO)[C@@H](F)[C@H]2OP(O)(=S)OC[C@H]2O[C@@H](n3ccc4c(=O)[nH]cnc43)[C@@H](F)[C@@H]2O[P+](=O)S)c(=O)[nH]1. The van der Waals surface area contributed by atoms with E-state index >= 15 is 8.78 Å². The summed E-state index contributed by atoms with van der Waals surface area (Å²) in [7, 11) is -2.64. The number of nitrogen functional groups attached to an aromatic ring is 1. The van der Waals surface area contributed by atoms with Crippen LogP contribution in [0.1, 0.15) is 11.6 Å². The van der Waals surface area contributed by atoms with Crippen LogP contribution in [0.4, 0.5) is 14.7 Å². The molecule has 0 aromatic carbocycles. The summed E-state index contributed by atoms with van der Waals surface area (Å²) < 4.78 is 67.2. The van der Waals surface area contributed by atoms with Gasteiger partial charge in [-0.2, -0.15) is 4.98 Å². The minimum absolute atomic E-state index is 0.0914. The summed E-state index contributed by atoms with van der Waals surface area (Å²) in [5, 5.41) is 15.3. The van der Waals surface area contributed by atoms with Crippen molar-refractivity contribution in [2.24, 2.45) is 0 Å². The smallest absolute Gasteiger partial charge is 0.395 e. The lowest BCUT2D eigenvalue weighted by molar-refractivity contribution is -0.0429. The molecule has 0 saturated carbocycles. The van der Waals surface area contributed by atoms with Crippen LogP contribution in [0, 0.1) is 0 Å². The molecule has 18 nitrogen and oxygen atoms in total. The van der Waals surface area contributed by atoms with Gasteiger partial charge in [-0.05, 0) is 22.4 Å². The monoisotopic (exact) mass is 728 g/mol. The number of alkyl halides is 2. The first-order chi connectivity index (χ1) is 21.4. The molecule has 4 aromatic rings. The Balaban J connectivity index is 1.23. The second-order valence-corrected chi connectivity index (χ2v) is 15.5. The molecule has 0 radical (unpaired) electrons. The molecule has 45 heavy (non-hydrogen) atoms. The normalized spacial score (nSPS) is 30.3. The molecule has 0 bridgehead atoms. The molecule has 242 valence electrons. The third-order valence-corrected chi connectivity index (χ3v) is 10.7. The lowest BCUT2D eigenvalue weighted by Crippen LogP contribution is -2.34. The van der Waals surface area contributed by atoms with E-state index in [1.807, 2.05) is 0 Å². The second-order valence-electron chi connectivity index (χ2n) is 9.69. The molecular formula is C20H22F2N9O9P2S3+. The van der Waals surface area contributed by atoms with E-state index in [2.05, 4.69) is 42.5 Å². The summed E-state index contributed by atoms with van der Waals surface area (Å²) >= 11 is 9.69. The first-order valence-electron chi connectivity index (χ1n) is 12.7. The number of anilines is 1. The number of fused-ring (bicyclic) bond motifs is 2. The quantitative estimate of drug-likeness (QED) is 0.0967. The van der Waals surface area contributed by atoms with Crippen LogP contribution in [0.2, 0.25) is 0 Å². The Hall–Kier alpha value is -2.43. The van der Waals surface area contributed by atoms with Gasteiger partial charge in [-0.3, -0.25) is 19.1 Å². The highest BCUT2D eigenvalue weighted by Gasteiger charge is 2.53. The van der Waals surface area contributed by atoms with Crippen molar-refractivity contribution in [1.29, 1.82) is 0 Å². The molecule has 6 N–H and O–H groups in total. The van der Waals surface area contributed by atoms with E-state index in [1.165, 1.54) is 16.8 Å². The van der Waals surface area contributed by atoms with Gasteiger partial charge in [-0.25, -0.2) is 18.4 Å². The average molecular weight is 729 g/mol. The third kappa shape index (κ3) is 6.19. The fraction of sp³-hybridized carbons (Fsp3) is 0.500. The summed E-state index contributed by atoms with van der Waals surface area (Å²) in [6.07, 6.45) is -7.36. The number of rotatable bonds is 10. The van der Waals surface area contributed by atoms with Gasteiger partial charge >= 0.3 is 13.9 Å². The zero-order chi connectivity index (χ0) is 32.2. The Morgan fingerprint density at radius 3 is 2.78 bits per heavy atom. The largest absolute Gasteiger partial charge is 0.582 e. The number of thioether (sulfide) groups is 1. The summed E-state index contributed by atoms with van der Waals surface area (Å²) in [4.78, 5) is 48.0. The van der Waals surface area contributed by atoms with Gasteiger partial charge in [0.25, 0.3) is 11.1 Å². The van der Waals surface area contributed by atoms with Crippen LogP contribution in [0.3, 0.4) is 0 Å². The van der Waals surface area contributed by atoms with E-state index in [4.69, 9.17) is 35.8 Å². The van der Waals surface area contributed by atoms with Crippen molar-refractivity contribution < 1.29 is 41.7 Å². The zero-order valence-corrected chi connectivity index (χ0v) is 26.5. The van der Waals surface area contributed by atoms with E-state index in [9.17, 15) is 24.2 Å². The van der Waals surface area contributed by atoms with Gasteiger partial charge in [0.05, 0.1) is 30.2 Å². The molecule has 10 atom stereocenters. The second kappa shape index (κ2) is 12.6. The minimum Gasteiger partial charge on any atom is -0.395 e. The van der Waals surface area contributed by atoms with Crippen molar-refractivity contribution in [3.05, 3.63) is 39.3 Å². The summed E-state index contributed by atoms with van der Waals surface area (Å²) in [5.74, 6) is -0.265. The molecular weight excluding hydrogens is 706 g/mol. The van der Waals surface area contributed by atoms with Gasteiger partial charge in [0.15, 0.2) is 29.7 Å².